The first-order chi connectivity index (χ1) is 8.51. The molecule has 0 aliphatic heterocycles. The number of halogens is 2. The monoisotopic (exact) mass is 317 g/mol. The van der Waals surface area contributed by atoms with Crippen LogP contribution in [0.2, 0.25) is 0 Å². The summed E-state index contributed by atoms with van der Waals surface area (Å²) in [5.41, 5.74) is -0.0476. The molecule has 0 aliphatic carbocycles. The van der Waals surface area contributed by atoms with Crippen molar-refractivity contribution in [2.24, 2.45) is 5.92 Å². The summed E-state index contributed by atoms with van der Waals surface area (Å²) in [5, 5.41) is 3.54. The van der Waals surface area contributed by atoms with Crippen molar-refractivity contribution < 1.29 is 13.9 Å². The molecule has 0 fully saturated rings. The van der Waals surface area contributed by atoms with Crippen LogP contribution in [0.4, 0.5) is 4.39 Å². The topological polar surface area (TPSA) is 38.3 Å². The van der Waals surface area contributed by atoms with Crippen molar-refractivity contribution in [2.75, 3.05) is 12.4 Å². The first-order valence-corrected chi connectivity index (χ1v) is 6.82. The van der Waals surface area contributed by atoms with Gasteiger partial charge in [-0.2, -0.15) is 0 Å². The molecule has 0 aromatic heterocycles. The number of benzene rings is 1. The van der Waals surface area contributed by atoms with Gasteiger partial charge in [-0.25, -0.2) is 4.39 Å². The molecule has 2 atom stereocenters. The van der Waals surface area contributed by atoms with Gasteiger partial charge in [-0.1, -0.05) is 28.9 Å². The molecule has 5 heteroatoms. The number of carbonyl (C=O) groups excluding carboxylic acids is 1. The predicted molar refractivity (Wildman–Crippen MR) is 72.8 cm³/mol. The highest BCUT2D eigenvalue weighted by Gasteiger charge is 2.20. The van der Waals surface area contributed by atoms with E-state index in [1.807, 2.05) is 13.8 Å². The standard InChI is InChI=1S/C13H17BrFNO2/c1-8(7-14)9(2)16-13(17)12-10(15)5-4-6-11(12)18-3/h4-6,8-9H,7H2,1-3H3,(H,16,17). The lowest BCUT2D eigenvalue weighted by Crippen LogP contribution is -2.38. The van der Waals surface area contributed by atoms with Gasteiger partial charge in [0.25, 0.3) is 5.91 Å². The van der Waals surface area contributed by atoms with Crippen molar-refractivity contribution in [3.8, 4) is 5.75 Å². The van der Waals surface area contributed by atoms with Crippen LogP contribution in [0, 0.1) is 11.7 Å². The van der Waals surface area contributed by atoms with Crippen molar-refractivity contribution in [2.45, 2.75) is 19.9 Å². The number of amides is 1. The highest BCUT2D eigenvalue weighted by Crippen LogP contribution is 2.21. The van der Waals surface area contributed by atoms with Crippen LogP contribution < -0.4 is 10.1 Å². The van der Waals surface area contributed by atoms with Gasteiger partial charge in [0.1, 0.15) is 17.1 Å². The van der Waals surface area contributed by atoms with Crippen LogP contribution in [0.25, 0.3) is 0 Å². The first kappa shape index (κ1) is 15.0. The van der Waals surface area contributed by atoms with E-state index < -0.39 is 11.7 Å². The molecular formula is C13H17BrFNO2. The SMILES string of the molecule is COc1cccc(F)c1C(=O)NC(C)C(C)CBr. The van der Waals surface area contributed by atoms with Crippen LogP contribution in [-0.4, -0.2) is 24.4 Å². The number of methoxy groups -OCH3 is 1. The normalized spacial score (nSPS) is 13.8. The van der Waals surface area contributed by atoms with Gasteiger partial charge in [-0.15, -0.1) is 0 Å². The lowest BCUT2D eigenvalue weighted by molar-refractivity contribution is 0.0923. The fourth-order valence-corrected chi connectivity index (χ4v) is 2.01. The van der Waals surface area contributed by atoms with E-state index in [4.69, 9.17) is 4.74 Å². The Labute approximate surface area is 115 Å². The van der Waals surface area contributed by atoms with E-state index in [-0.39, 0.29) is 23.3 Å². The molecular weight excluding hydrogens is 301 g/mol. The quantitative estimate of drug-likeness (QED) is 0.848. The Bertz CT molecular complexity index is 425. The molecule has 1 rings (SSSR count). The zero-order valence-electron chi connectivity index (χ0n) is 10.7. The fraction of sp³-hybridized carbons (Fsp3) is 0.462. The van der Waals surface area contributed by atoms with Crippen LogP contribution in [0.5, 0.6) is 5.75 Å². The average molecular weight is 318 g/mol. The maximum atomic E-state index is 13.7. The number of hydrogen-bond acceptors (Lipinski definition) is 2. The average Bonchev–Trinajstić information content (AvgIpc) is 2.36. The molecule has 0 saturated carbocycles. The fourth-order valence-electron chi connectivity index (χ4n) is 1.45. The number of ether oxygens (including phenoxy) is 1. The van der Waals surface area contributed by atoms with Crippen molar-refractivity contribution in [1.82, 2.24) is 5.32 Å². The van der Waals surface area contributed by atoms with Gasteiger partial charge in [0, 0.05) is 11.4 Å². The molecule has 100 valence electrons. The van der Waals surface area contributed by atoms with Gasteiger partial charge in [0.05, 0.1) is 7.11 Å². The van der Waals surface area contributed by atoms with Crippen LogP contribution in [0.1, 0.15) is 24.2 Å². The molecule has 1 N–H and O–H groups in total. The molecule has 1 aromatic carbocycles. The van der Waals surface area contributed by atoms with E-state index >= 15 is 0 Å². The first-order valence-electron chi connectivity index (χ1n) is 5.70. The summed E-state index contributed by atoms with van der Waals surface area (Å²) in [6, 6.07) is 4.27. The minimum absolute atomic E-state index is 0.0476. The lowest BCUT2D eigenvalue weighted by atomic mass is 10.1. The molecule has 0 bridgehead atoms. The third kappa shape index (κ3) is 3.45. The van der Waals surface area contributed by atoms with Gasteiger partial charge in [0.2, 0.25) is 0 Å². The van der Waals surface area contributed by atoms with Crippen LogP contribution in [0.15, 0.2) is 18.2 Å². The number of carbonyl (C=O) groups is 1. The van der Waals surface area contributed by atoms with E-state index in [9.17, 15) is 9.18 Å². The van der Waals surface area contributed by atoms with Crippen LogP contribution >= 0.6 is 15.9 Å². The predicted octanol–water partition coefficient (Wildman–Crippen LogP) is 2.98. The van der Waals surface area contributed by atoms with Gasteiger partial charge >= 0.3 is 0 Å². The third-order valence-electron chi connectivity index (χ3n) is 2.88. The Morgan fingerprint density at radius 1 is 1.50 bits per heavy atom. The zero-order valence-corrected chi connectivity index (χ0v) is 12.3. The summed E-state index contributed by atoms with van der Waals surface area (Å²) in [7, 11) is 1.41. The molecule has 1 amide bonds. The third-order valence-corrected chi connectivity index (χ3v) is 3.90. The highest BCUT2D eigenvalue weighted by molar-refractivity contribution is 9.09. The summed E-state index contributed by atoms with van der Waals surface area (Å²) < 4.78 is 18.7. The van der Waals surface area contributed by atoms with Crippen LogP contribution in [0.3, 0.4) is 0 Å². The van der Waals surface area contributed by atoms with E-state index in [1.54, 1.807) is 6.07 Å². The maximum Gasteiger partial charge on any atom is 0.258 e. The smallest absolute Gasteiger partial charge is 0.258 e. The highest BCUT2D eigenvalue weighted by atomic mass is 79.9. The summed E-state index contributed by atoms with van der Waals surface area (Å²) in [6.45, 7) is 3.88. The molecule has 0 spiro atoms. The maximum absolute atomic E-state index is 13.7. The molecule has 0 saturated heterocycles. The molecule has 18 heavy (non-hydrogen) atoms. The second-order valence-electron chi connectivity index (χ2n) is 4.21. The van der Waals surface area contributed by atoms with Gasteiger partial charge in [-0.3, -0.25) is 4.79 Å². The number of hydrogen-bond donors (Lipinski definition) is 1. The minimum atomic E-state index is -0.578. The summed E-state index contributed by atoms with van der Waals surface area (Å²) >= 11 is 3.35. The van der Waals surface area contributed by atoms with Gasteiger partial charge < -0.3 is 10.1 Å². The summed E-state index contributed by atoms with van der Waals surface area (Å²) in [5.74, 6) is -0.534. The second-order valence-corrected chi connectivity index (χ2v) is 4.86. The van der Waals surface area contributed by atoms with Gasteiger partial charge in [0.15, 0.2) is 0 Å². The Hall–Kier alpha value is -1.10. The second kappa shape index (κ2) is 6.73. The molecule has 1 aromatic rings. The van der Waals surface area contributed by atoms with E-state index in [0.29, 0.717) is 0 Å². The van der Waals surface area contributed by atoms with Crippen LogP contribution in [-0.2, 0) is 0 Å². The Morgan fingerprint density at radius 3 is 2.72 bits per heavy atom. The molecule has 3 nitrogen and oxygen atoms in total. The number of alkyl halides is 1. The van der Waals surface area contributed by atoms with Crippen molar-refractivity contribution in [3.63, 3.8) is 0 Å². The molecule has 2 unspecified atom stereocenters. The minimum Gasteiger partial charge on any atom is -0.496 e. The van der Waals surface area contributed by atoms with Crippen molar-refractivity contribution in [1.29, 1.82) is 0 Å². The number of nitrogens with one attached hydrogen (secondary N) is 1. The van der Waals surface area contributed by atoms with E-state index in [1.165, 1.54) is 19.2 Å². The molecule has 0 heterocycles. The van der Waals surface area contributed by atoms with Crippen molar-refractivity contribution in [3.05, 3.63) is 29.6 Å². The van der Waals surface area contributed by atoms with Gasteiger partial charge in [-0.05, 0) is 25.0 Å². The van der Waals surface area contributed by atoms with E-state index in [0.717, 1.165) is 5.33 Å². The molecule has 0 radical (unpaired) electrons. The Kier molecular flexibility index (Phi) is 5.59. The molecule has 0 aliphatic rings. The summed E-state index contributed by atoms with van der Waals surface area (Å²) in [4.78, 5) is 12.0. The lowest BCUT2D eigenvalue weighted by Gasteiger charge is -2.20. The zero-order chi connectivity index (χ0) is 13.7. The number of rotatable bonds is 5. The van der Waals surface area contributed by atoms with E-state index in [2.05, 4.69) is 21.2 Å². The Morgan fingerprint density at radius 2 is 2.17 bits per heavy atom. The Balaban J connectivity index is 2.91. The largest absolute Gasteiger partial charge is 0.496 e. The summed E-state index contributed by atoms with van der Waals surface area (Å²) in [6.07, 6.45) is 0. The van der Waals surface area contributed by atoms with Crippen molar-refractivity contribution >= 4 is 21.8 Å².